The van der Waals surface area contributed by atoms with Crippen LogP contribution in [0, 0.1) is 6.92 Å². The number of alkyl halides is 2. The first-order chi connectivity index (χ1) is 17.2. The molecule has 36 heavy (non-hydrogen) atoms. The first-order valence-corrected chi connectivity index (χ1v) is 11.4. The molecule has 1 aliphatic carbocycles. The second kappa shape index (κ2) is 9.03. The Morgan fingerprint density at radius 1 is 1.11 bits per heavy atom. The first kappa shape index (κ1) is 24.0. The zero-order chi connectivity index (χ0) is 25.5. The summed E-state index contributed by atoms with van der Waals surface area (Å²) in [4.78, 5) is 17.8. The van der Waals surface area contributed by atoms with Gasteiger partial charge in [-0.25, -0.2) is 4.98 Å². The second-order valence-corrected chi connectivity index (χ2v) is 8.90. The molecule has 0 unspecified atom stereocenters. The van der Waals surface area contributed by atoms with Crippen LogP contribution < -0.4 is 19.5 Å². The van der Waals surface area contributed by atoms with Crippen molar-refractivity contribution in [2.45, 2.75) is 37.6 Å². The van der Waals surface area contributed by atoms with Crippen molar-refractivity contribution in [3.63, 3.8) is 0 Å². The van der Waals surface area contributed by atoms with Crippen LogP contribution in [-0.4, -0.2) is 46.7 Å². The molecule has 10 heteroatoms. The van der Waals surface area contributed by atoms with Crippen molar-refractivity contribution < 1.29 is 38.0 Å². The SMILES string of the molecule is Cc1ccc(NC(=O)C2(c3ccc4c(c3)OC(F)(F)O4)CC2)nc1-c1ccc(OC[C@H](O)CO)cc1. The Morgan fingerprint density at radius 2 is 1.83 bits per heavy atom. The van der Waals surface area contributed by atoms with Gasteiger partial charge in [-0.15, -0.1) is 8.78 Å². The average molecular weight is 498 g/mol. The summed E-state index contributed by atoms with van der Waals surface area (Å²) in [5.41, 5.74) is 2.10. The molecule has 2 aromatic carbocycles. The van der Waals surface area contributed by atoms with E-state index >= 15 is 0 Å². The smallest absolute Gasteiger partial charge is 0.491 e. The summed E-state index contributed by atoms with van der Waals surface area (Å²) < 4.78 is 41.2. The van der Waals surface area contributed by atoms with Crippen LogP contribution in [0.25, 0.3) is 11.3 Å². The minimum atomic E-state index is -3.72. The third-order valence-corrected chi connectivity index (χ3v) is 6.26. The molecule has 0 radical (unpaired) electrons. The molecule has 2 aliphatic rings. The number of aromatic nitrogens is 1. The number of nitrogens with zero attached hydrogens (tertiary/aromatic N) is 1. The number of ether oxygens (including phenoxy) is 3. The van der Waals surface area contributed by atoms with E-state index in [1.54, 1.807) is 24.3 Å². The molecule has 0 saturated heterocycles. The predicted molar refractivity (Wildman–Crippen MR) is 125 cm³/mol. The van der Waals surface area contributed by atoms with Crippen molar-refractivity contribution in [3.05, 3.63) is 65.7 Å². The summed E-state index contributed by atoms with van der Waals surface area (Å²) in [6.07, 6.45) is -3.53. The molecule has 1 amide bonds. The van der Waals surface area contributed by atoms with Crippen LogP contribution in [0.3, 0.4) is 0 Å². The number of nitrogens with one attached hydrogen (secondary N) is 1. The quantitative estimate of drug-likeness (QED) is 0.434. The number of carbonyl (C=O) groups is 1. The fourth-order valence-corrected chi connectivity index (χ4v) is 4.10. The van der Waals surface area contributed by atoms with Gasteiger partial charge in [-0.2, -0.15) is 0 Å². The van der Waals surface area contributed by atoms with Gasteiger partial charge in [0.25, 0.3) is 0 Å². The minimum Gasteiger partial charge on any atom is -0.491 e. The number of amides is 1. The number of halogens is 2. The topological polar surface area (TPSA) is 110 Å². The number of aliphatic hydroxyl groups is 2. The second-order valence-electron chi connectivity index (χ2n) is 8.90. The lowest BCUT2D eigenvalue weighted by atomic mass is 9.94. The van der Waals surface area contributed by atoms with Crippen molar-refractivity contribution in [2.24, 2.45) is 0 Å². The lowest BCUT2D eigenvalue weighted by molar-refractivity contribution is -0.286. The summed E-state index contributed by atoms with van der Waals surface area (Å²) in [5, 5.41) is 21.2. The Bertz CT molecular complexity index is 1290. The highest BCUT2D eigenvalue weighted by Crippen LogP contribution is 2.52. The molecule has 2 heterocycles. The van der Waals surface area contributed by atoms with Crippen LogP contribution in [-0.2, 0) is 10.2 Å². The molecule has 5 rings (SSSR count). The average Bonchev–Trinajstić information content (AvgIpc) is 3.61. The summed E-state index contributed by atoms with van der Waals surface area (Å²) >= 11 is 0. The maximum atomic E-state index is 13.4. The molecule has 1 atom stereocenters. The summed E-state index contributed by atoms with van der Waals surface area (Å²) in [7, 11) is 0. The standard InChI is InChI=1S/C26H24F2N2O6/c1-15-2-9-22(29-23(15)16-3-6-19(7-4-16)34-14-18(32)13-31)30-24(33)25(10-11-25)17-5-8-20-21(12-17)36-26(27,28)35-20/h2-9,12,18,31-32H,10-11,13-14H2,1H3,(H,29,30,33)/t18-/m1/s1. The fourth-order valence-electron chi connectivity index (χ4n) is 4.10. The van der Waals surface area contributed by atoms with Crippen LogP contribution in [0.15, 0.2) is 54.6 Å². The van der Waals surface area contributed by atoms with Gasteiger partial charge < -0.3 is 29.7 Å². The molecule has 188 valence electrons. The van der Waals surface area contributed by atoms with Crippen LogP contribution >= 0.6 is 0 Å². The van der Waals surface area contributed by atoms with Crippen molar-refractivity contribution >= 4 is 11.7 Å². The molecule has 1 aliphatic heterocycles. The Morgan fingerprint density at radius 3 is 2.53 bits per heavy atom. The molecule has 3 N–H and O–H groups in total. The van der Waals surface area contributed by atoms with E-state index in [4.69, 9.17) is 9.84 Å². The number of fused-ring (bicyclic) bond motifs is 1. The van der Waals surface area contributed by atoms with Crippen molar-refractivity contribution in [1.29, 1.82) is 0 Å². The van der Waals surface area contributed by atoms with Crippen molar-refractivity contribution in [3.8, 4) is 28.5 Å². The highest BCUT2D eigenvalue weighted by molar-refractivity contribution is 6.01. The number of carbonyl (C=O) groups excluding carboxylic acids is 1. The molecule has 8 nitrogen and oxygen atoms in total. The third kappa shape index (κ3) is 4.69. The molecular formula is C26H24F2N2O6. The predicted octanol–water partition coefficient (Wildman–Crippen LogP) is 3.78. The highest BCUT2D eigenvalue weighted by atomic mass is 19.3. The van der Waals surface area contributed by atoms with E-state index in [2.05, 4.69) is 19.8 Å². The van der Waals surface area contributed by atoms with Gasteiger partial charge in [0.2, 0.25) is 5.91 Å². The zero-order valence-corrected chi connectivity index (χ0v) is 19.3. The van der Waals surface area contributed by atoms with E-state index in [1.807, 2.05) is 25.1 Å². The van der Waals surface area contributed by atoms with Crippen LogP contribution in [0.1, 0.15) is 24.0 Å². The number of benzene rings is 2. The molecule has 0 bridgehead atoms. The molecule has 3 aromatic rings. The normalized spacial score (nSPS) is 17.4. The zero-order valence-electron chi connectivity index (χ0n) is 19.3. The van der Waals surface area contributed by atoms with Gasteiger partial charge in [-0.05, 0) is 73.4 Å². The molecule has 1 aromatic heterocycles. The van der Waals surface area contributed by atoms with Crippen molar-refractivity contribution in [2.75, 3.05) is 18.5 Å². The van der Waals surface area contributed by atoms with Gasteiger partial charge in [-0.1, -0.05) is 12.1 Å². The molecule has 1 saturated carbocycles. The molecule has 0 spiro atoms. The van der Waals surface area contributed by atoms with Crippen LogP contribution in [0.4, 0.5) is 14.6 Å². The number of aliphatic hydroxyl groups excluding tert-OH is 2. The summed E-state index contributed by atoms with van der Waals surface area (Å²) in [6, 6.07) is 15.1. The number of hydrogen-bond donors (Lipinski definition) is 3. The number of aryl methyl sites for hydroxylation is 1. The van der Waals surface area contributed by atoms with Gasteiger partial charge in [0.05, 0.1) is 17.7 Å². The monoisotopic (exact) mass is 498 g/mol. The molecular weight excluding hydrogens is 474 g/mol. The Balaban J connectivity index is 1.31. The van der Waals surface area contributed by atoms with E-state index in [-0.39, 0.29) is 30.6 Å². The number of anilines is 1. The Labute approximate surface area is 205 Å². The maximum Gasteiger partial charge on any atom is 0.586 e. The van der Waals surface area contributed by atoms with Gasteiger partial charge in [0.1, 0.15) is 24.3 Å². The minimum absolute atomic E-state index is 0.0256. The number of pyridine rings is 1. The summed E-state index contributed by atoms with van der Waals surface area (Å²) in [6.45, 7) is 1.49. The Kier molecular flexibility index (Phi) is 6.01. The van der Waals surface area contributed by atoms with Crippen LogP contribution in [0.5, 0.6) is 17.2 Å². The fraction of sp³-hybridized carbons (Fsp3) is 0.308. The van der Waals surface area contributed by atoms with E-state index in [0.29, 0.717) is 35.7 Å². The highest BCUT2D eigenvalue weighted by Gasteiger charge is 2.53. The van der Waals surface area contributed by atoms with E-state index in [0.717, 1.165) is 11.1 Å². The van der Waals surface area contributed by atoms with E-state index in [9.17, 15) is 18.7 Å². The van der Waals surface area contributed by atoms with Crippen molar-refractivity contribution in [1.82, 2.24) is 4.98 Å². The van der Waals surface area contributed by atoms with Crippen LogP contribution in [0.2, 0.25) is 0 Å². The largest absolute Gasteiger partial charge is 0.586 e. The Hall–Kier alpha value is -3.76. The maximum absolute atomic E-state index is 13.4. The summed E-state index contributed by atoms with van der Waals surface area (Å²) in [5.74, 6) is 0.467. The molecule has 1 fully saturated rings. The van der Waals surface area contributed by atoms with Gasteiger partial charge in [0.15, 0.2) is 11.5 Å². The van der Waals surface area contributed by atoms with E-state index in [1.165, 1.54) is 12.1 Å². The van der Waals surface area contributed by atoms with Gasteiger partial charge in [-0.3, -0.25) is 4.79 Å². The number of hydrogen-bond acceptors (Lipinski definition) is 7. The lowest BCUT2D eigenvalue weighted by Gasteiger charge is -2.17. The lowest BCUT2D eigenvalue weighted by Crippen LogP contribution is -2.28. The van der Waals surface area contributed by atoms with E-state index < -0.39 is 17.8 Å². The third-order valence-electron chi connectivity index (χ3n) is 6.26. The number of rotatable bonds is 8. The van der Waals surface area contributed by atoms with Gasteiger partial charge >= 0.3 is 6.29 Å². The first-order valence-electron chi connectivity index (χ1n) is 11.4. The van der Waals surface area contributed by atoms with Gasteiger partial charge in [0, 0.05) is 5.56 Å².